The maximum atomic E-state index is 12.4. The molecule has 1 unspecified atom stereocenters. The van der Waals surface area contributed by atoms with Crippen molar-refractivity contribution in [2.24, 2.45) is 0 Å². The van der Waals surface area contributed by atoms with Crippen LogP contribution in [0.1, 0.15) is 27.0 Å². The average Bonchev–Trinajstić information content (AvgIpc) is 2.39. The summed E-state index contributed by atoms with van der Waals surface area (Å²) in [6.45, 7) is 3.96. The Balaban J connectivity index is 2.17. The minimum atomic E-state index is -1.12. The van der Waals surface area contributed by atoms with Crippen LogP contribution in [0, 0.1) is 13.8 Å². The number of carbonyl (C=O) groups is 1. The third-order valence-corrected chi connectivity index (χ3v) is 4.62. The molecule has 0 radical (unpaired) electrons. The van der Waals surface area contributed by atoms with Gasteiger partial charge in [0.2, 0.25) is 0 Å². The molecule has 1 atom stereocenters. The van der Waals surface area contributed by atoms with Gasteiger partial charge in [-0.3, -0.25) is 4.21 Å². The molecule has 0 aliphatic rings. The summed E-state index contributed by atoms with van der Waals surface area (Å²) in [6.07, 6.45) is 0. The lowest BCUT2D eigenvalue weighted by atomic mass is 10.1. The minimum absolute atomic E-state index is 0.242. The summed E-state index contributed by atoms with van der Waals surface area (Å²) in [6, 6.07) is 12.4. The molecule has 3 nitrogen and oxygen atoms in total. The molecule has 0 heterocycles. The third kappa shape index (κ3) is 3.33. The number of hydrogen-bond acceptors (Lipinski definition) is 2. The highest BCUT2D eigenvalue weighted by atomic mass is 32.2. The van der Waals surface area contributed by atoms with E-state index in [1.54, 1.807) is 12.1 Å². The molecular formula is C16H16O3S. The molecule has 2 rings (SSSR count). The fourth-order valence-electron chi connectivity index (χ4n) is 2.03. The molecule has 2 aromatic carbocycles. The van der Waals surface area contributed by atoms with Crippen molar-refractivity contribution in [3.63, 3.8) is 0 Å². The number of aromatic carboxylic acids is 1. The SMILES string of the molecule is Cc1ccc(S(=O)Cc2ccc(C(=O)O)cc2)c(C)c1. The van der Waals surface area contributed by atoms with Crippen LogP contribution in [0.4, 0.5) is 0 Å². The number of hydrogen-bond donors (Lipinski definition) is 1. The maximum absolute atomic E-state index is 12.4. The van der Waals surface area contributed by atoms with Crippen LogP contribution in [0.15, 0.2) is 47.4 Å². The summed E-state index contributed by atoms with van der Waals surface area (Å²) in [7, 11) is -1.12. The molecule has 0 fully saturated rings. The van der Waals surface area contributed by atoms with Gasteiger partial charge in [0.15, 0.2) is 0 Å². The van der Waals surface area contributed by atoms with Crippen LogP contribution in [0.5, 0.6) is 0 Å². The number of rotatable bonds is 4. The lowest BCUT2D eigenvalue weighted by molar-refractivity contribution is 0.0697. The van der Waals surface area contributed by atoms with E-state index in [0.29, 0.717) is 5.75 Å². The predicted octanol–water partition coefficient (Wildman–Crippen LogP) is 3.31. The van der Waals surface area contributed by atoms with Gasteiger partial charge in [-0.1, -0.05) is 29.8 Å². The van der Waals surface area contributed by atoms with Crippen molar-refractivity contribution in [2.75, 3.05) is 0 Å². The Bertz CT molecular complexity index is 660. The second-order valence-corrected chi connectivity index (χ2v) is 6.18. The normalized spacial score (nSPS) is 12.1. The van der Waals surface area contributed by atoms with Gasteiger partial charge in [0.05, 0.1) is 22.1 Å². The number of carboxylic acid groups (broad SMARTS) is 1. The van der Waals surface area contributed by atoms with Crippen LogP contribution in [0.2, 0.25) is 0 Å². The fourth-order valence-corrected chi connectivity index (χ4v) is 3.32. The quantitative estimate of drug-likeness (QED) is 0.939. The Morgan fingerprint density at radius 1 is 1.10 bits per heavy atom. The van der Waals surface area contributed by atoms with Gasteiger partial charge >= 0.3 is 5.97 Å². The highest BCUT2D eigenvalue weighted by molar-refractivity contribution is 7.84. The highest BCUT2D eigenvalue weighted by Gasteiger charge is 2.09. The zero-order valence-corrected chi connectivity index (χ0v) is 12.2. The van der Waals surface area contributed by atoms with Gasteiger partial charge < -0.3 is 5.11 Å². The van der Waals surface area contributed by atoms with E-state index < -0.39 is 16.8 Å². The Labute approximate surface area is 120 Å². The Morgan fingerprint density at radius 2 is 1.75 bits per heavy atom. The van der Waals surface area contributed by atoms with Gasteiger partial charge in [-0.25, -0.2) is 4.79 Å². The van der Waals surface area contributed by atoms with Gasteiger partial charge in [-0.05, 0) is 43.2 Å². The van der Waals surface area contributed by atoms with Gasteiger partial charge in [0, 0.05) is 4.90 Å². The van der Waals surface area contributed by atoms with Crippen LogP contribution >= 0.6 is 0 Å². The predicted molar refractivity (Wildman–Crippen MR) is 79.4 cm³/mol. The van der Waals surface area contributed by atoms with Crippen molar-refractivity contribution in [3.05, 3.63) is 64.7 Å². The minimum Gasteiger partial charge on any atom is -0.478 e. The molecule has 0 aliphatic carbocycles. The molecule has 0 bridgehead atoms. The molecule has 0 saturated heterocycles. The first-order chi connectivity index (χ1) is 9.47. The zero-order chi connectivity index (χ0) is 14.7. The highest BCUT2D eigenvalue weighted by Crippen LogP contribution is 2.18. The van der Waals surface area contributed by atoms with E-state index in [9.17, 15) is 9.00 Å². The standard InChI is InChI=1S/C16H16O3S/c1-11-3-8-15(12(2)9-11)20(19)10-13-4-6-14(7-5-13)16(17)18/h3-9H,10H2,1-2H3,(H,17,18). The topological polar surface area (TPSA) is 54.4 Å². The first-order valence-corrected chi connectivity index (χ1v) is 7.57. The summed E-state index contributed by atoms with van der Waals surface area (Å²) in [5, 5.41) is 8.84. The van der Waals surface area contributed by atoms with Crippen LogP contribution in [-0.4, -0.2) is 15.3 Å². The van der Waals surface area contributed by atoms with Crippen molar-refractivity contribution in [2.45, 2.75) is 24.5 Å². The summed E-state index contributed by atoms with van der Waals surface area (Å²) in [4.78, 5) is 11.6. The summed E-state index contributed by atoms with van der Waals surface area (Å²) in [5.74, 6) is -0.559. The molecule has 4 heteroatoms. The van der Waals surface area contributed by atoms with Crippen molar-refractivity contribution < 1.29 is 14.1 Å². The van der Waals surface area contributed by atoms with Crippen LogP contribution in [0.3, 0.4) is 0 Å². The molecule has 104 valence electrons. The zero-order valence-electron chi connectivity index (χ0n) is 11.4. The molecule has 20 heavy (non-hydrogen) atoms. The van der Waals surface area contributed by atoms with Gasteiger partial charge in [0.1, 0.15) is 0 Å². The Morgan fingerprint density at radius 3 is 2.30 bits per heavy atom. The van der Waals surface area contributed by atoms with Crippen molar-refractivity contribution >= 4 is 16.8 Å². The molecule has 1 N–H and O–H groups in total. The third-order valence-electron chi connectivity index (χ3n) is 3.07. The lowest BCUT2D eigenvalue weighted by Crippen LogP contribution is -2.00. The van der Waals surface area contributed by atoms with E-state index in [4.69, 9.17) is 5.11 Å². The van der Waals surface area contributed by atoms with Gasteiger partial charge in [0.25, 0.3) is 0 Å². The molecule has 0 aliphatic heterocycles. The van der Waals surface area contributed by atoms with Gasteiger partial charge in [-0.2, -0.15) is 0 Å². The van der Waals surface area contributed by atoms with Crippen LogP contribution in [-0.2, 0) is 16.6 Å². The fraction of sp³-hybridized carbons (Fsp3) is 0.188. The first kappa shape index (κ1) is 14.5. The second kappa shape index (κ2) is 6.01. The largest absolute Gasteiger partial charge is 0.478 e. The monoisotopic (exact) mass is 288 g/mol. The van der Waals surface area contributed by atoms with Crippen molar-refractivity contribution in [3.8, 4) is 0 Å². The van der Waals surface area contributed by atoms with E-state index in [2.05, 4.69) is 0 Å². The molecule has 0 saturated carbocycles. The van der Waals surface area contributed by atoms with E-state index in [1.807, 2.05) is 32.0 Å². The van der Waals surface area contributed by atoms with Crippen LogP contribution < -0.4 is 0 Å². The molecule has 0 spiro atoms. The molecular weight excluding hydrogens is 272 g/mol. The van der Waals surface area contributed by atoms with Gasteiger partial charge in [-0.15, -0.1) is 0 Å². The summed E-state index contributed by atoms with van der Waals surface area (Å²) < 4.78 is 12.4. The maximum Gasteiger partial charge on any atom is 0.335 e. The van der Waals surface area contributed by atoms with E-state index in [0.717, 1.165) is 21.6 Å². The molecule has 2 aromatic rings. The molecule has 0 amide bonds. The summed E-state index contributed by atoms with van der Waals surface area (Å²) in [5.41, 5.74) is 3.28. The molecule has 0 aromatic heterocycles. The first-order valence-electron chi connectivity index (χ1n) is 6.25. The van der Waals surface area contributed by atoms with E-state index in [-0.39, 0.29) is 5.56 Å². The number of aryl methyl sites for hydroxylation is 2. The summed E-state index contributed by atoms with van der Waals surface area (Å²) >= 11 is 0. The van der Waals surface area contributed by atoms with E-state index >= 15 is 0 Å². The Hall–Kier alpha value is -1.94. The smallest absolute Gasteiger partial charge is 0.335 e. The second-order valence-electron chi connectivity index (χ2n) is 4.76. The number of carboxylic acids is 1. The Kier molecular flexibility index (Phi) is 4.35. The van der Waals surface area contributed by atoms with Crippen molar-refractivity contribution in [1.29, 1.82) is 0 Å². The van der Waals surface area contributed by atoms with Crippen molar-refractivity contribution in [1.82, 2.24) is 0 Å². The lowest BCUT2D eigenvalue weighted by Gasteiger charge is -2.07. The average molecular weight is 288 g/mol. The van der Waals surface area contributed by atoms with Crippen LogP contribution in [0.25, 0.3) is 0 Å². The van der Waals surface area contributed by atoms with E-state index in [1.165, 1.54) is 12.1 Å². The number of benzene rings is 2.